The van der Waals surface area contributed by atoms with Gasteiger partial charge in [0.1, 0.15) is 22.7 Å². The Kier molecular flexibility index (Phi) is 7.62. The molecule has 0 aliphatic heterocycles. The molecule has 4 nitrogen and oxygen atoms in total. The molecule has 0 radical (unpaired) electrons. The van der Waals surface area contributed by atoms with E-state index < -0.39 is 11.2 Å². The maximum atomic E-state index is 6.29. The van der Waals surface area contributed by atoms with Gasteiger partial charge in [0.15, 0.2) is 0 Å². The summed E-state index contributed by atoms with van der Waals surface area (Å²) < 4.78 is 12.6. The molecule has 5 rings (SSSR count). The summed E-state index contributed by atoms with van der Waals surface area (Å²) >= 11 is 0. The van der Waals surface area contributed by atoms with Crippen LogP contribution in [0.1, 0.15) is 63.5 Å². The van der Waals surface area contributed by atoms with Crippen molar-refractivity contribution in [2.45, 2.75) is 63.6 Å². The zero-order valence-corrected chi connectivity index (χ0v) is 23.9. The SMILES string of the molecule is CC(C1=CCC(C)(Oc2cccc(N)c2)C=C1)c1cccc(C(C)C2=CCC(C)(Oc3cccc(N)c3)C=C2)c1. The number of hydrogen-bond donors (Lipinski definition) is 2. The number of nitrogen functional groups attached to an aromatic ring is 2. The first-order chi connectivity index (χ1) is 19.1. The normalized spacial score (nSPS) is 23.6. The lowest BCUT2D eigenvalue weighted by atomic mass is 9.82. The second kappa shape index (κ2) is 11.1. The Hall–Kier alpha value is -4.18. The number of ether oxygens (including phenoxy) is 2. The lowest BCUT2D eigenvalue weighted by molar-refractivity contribution is 0.142. The van der Waals surface area contributed by atoms with Crippen molar-refractivity contribution in [3.05, 3.63) is 132 Å². The maximum absolute atomic E-state index is 6.29. The first-order valence-corrected chi connectivity index (χ1v) is 14.1. The Labute approximate surface area is 238 Å². The van der Waals surface area contributed by atoms with Gasteiger partial charge < -0.3 is 20.9 Å². The fourth-order valence-corrected chi connectivity index (χ4v) is 5.43. The van der Waals surface area contributed by atoms with Gasteiger partial charge in [-0.3, -0.25) is 0 Å². The highest BCUT2D eigenvalue weighted by Crippen LogP contribution is 2.37. The fraction of sp³-hybridized carbons (Fsp3) is 0.278. The van der Waals surface area contributed by atoms with Crippen LogP contribution < -0.4 is 20.9 Å². The minimum Gasteiger partial charge on any atom is -0.483 e. The van der Waals surface area contributed by atoms with Gasteiger partial charge in [0.2, 0.25) is 0 Å². The van der Waals surface area contributed by atoms with Crippen molar-refractivity contribution < 1.29 is 9.47 Å². The van der Waals surface area contributed by atoms with E-state index in [-0.39, 0.29) is 11.8 Å². The lowest BCUT2D eigenvalue weighted by Gasteiger charge is -2.31. The molecule has 0 heterocycles. The summed E-state index contributed by atoms with van der Waals surface area (Å²) in [7, 11) is 0. The van der Waals surface area contributed by atoms with Crippen LogP contribution in [0.25, 0.3) is 0 Å². The van der Waals surface area contributed by atoms with Gasteiger partial charge in [-0.05, 0) is 72.5 Å². The molecule has 206 valence electrons. The van der Waals surface area contributed by atoms with Crippen LogP contribution in [0.15, 0.2) is 120 Å². The molecule has 0 saturated carbocycles. The molecule has 40 heavy (non-hydrogen) atoms. The summed E-state index contributed by atoms with van der Waals surface area (Å²) in [5, 5.41) is 0. The molecule has 2 aliphatic carbocycles. The number of nitrogens with two attached hydrogens (primary N) is 2. The van der Waals surface area contributed by atoms with Gasteiger partial charge in [-0.25, -0.2) is 0 Å². The Balaban J connectivity index is 1.24. The predicted octanol–water partition coefficient (Wildman–Crippen LogP) is 8.51. The third kappa shape index (κ3) is 6.34. The summed E-state index contributed by atoms with van der Waals surface area (Å²) in [4.78, 5) is 0. The van der Waals surface area contributed by atoms with E-state index >= 15 is 0 Å². The van der Waals surface area contributed by atoms with Crippen molar-refractivity contribution in [1.29, 1.82) is 0 Å². The lowest BCUT2D eigenvalue weighted by Crippen LogP contribution is -2.31. The molecule has 3 aromatic carbocycles. The number of anilines is 2. The van der Waals surface area contributed by atoms with E-state index in [4.69, 9.17) is 20.9 Å². The van der Waals surface area contributed by atoms with Crippen LogP contribution in [0.2, 0.25) is 0 Å². The molecule has 0 fully saturated rings. The fourth-order valence-electron chi connectivity index (χ4n) is 5.43. The molecule has 3 aromatic rings. The second-order valence-corrected chi connectivity index (χ2v) is 11.6. The summed E-state index contributed by atoms with van der Waals surface area (Å²) in [6.45, 7) is 8.79. The van der Waals surface area contributed by atoms with Gasteiger partial charge in [0, 0.05) is 48.2 Å². The van der Waals surface area contributed by atoms with Gasteiger partial charge >= 0.3 is 0 Å². The number of hydrogen-bond acceptors (Lipinski definition) is 4. The summed E-state index contributed by atoms with van der Waals surface area (Å²) in [6.07, 6.45) is 15.0. The Morgan fingerprint density at radius 2 is 1.05 bits per heavy atom. The smallest absolute Gasteiger partial charge is 0.128 e. The van der Waals surface area contributed by atoms with Crippen LogP contribution >= 0.6 is 0 Å². The highest BCUT2D eigenvalue weighted by Gasteiger charge is 2.28. The Bertz CT molecular complexity index is 1390. The van der Waals surface area contributed by atoms with Crippen molar-refractivity contribution in [2.75, 3.05) is 11.5 Å². The average molecular weight is 533 g/mol. The van der Waals surface area contributed by atoms with Gasteiger partial charge in [0.05, 0.1) is 0 Å². The molecular weight excluding hydrogens is 492 g/mol. The Morgan fingerprint density at radius 1 is 0.625 bits per heavy atom. The maximum Gasteiger partial charge on any atom is 0.128 e. The van der Waals surface area contributed by atoms with E-state index in [0.29, 0.717) is 11.4 Å². The molecule has 4 heteroatoms. The first kappa shape index (κ1) is 27.4. The molecule has 0 spiro atoms. The highest BCUT2D eigenvalue weighted by atomic mass is 16.5. The summed E-state index contributed by atoms with van der Waals surface area (Å²) in [5.74, 6) is 2.15. The zero-order chi connectivity index (χ0) is 28.3. The van der Waals surface area contributed by atoms with Crippen LogP contribution in [0.3, 0.4) is 0 Å². The molecular formula is C36H40N2O2. The van der Waals surface area contributed by atoms with Crippen LogP contribution in [-0.4, -0.2) is 11.2 Å². The minimum atomic E-state index is -0.390. The monoisotopic (exact) mass is 532 g/mol. The number of rotatable bonds is 8. The van der Waals surface area contributed by atoms with Crippen LogP contribution in [0.5, 0.6) is 11.5 Å². The number of benzene rings is 3. The Morgan fingerprint density at radius 3 is 1.43 bits per heavy atom. The molecule has 2 aliphatic rings. The predicted molar refractivity (Wildman–Crippen MR) is 167 cm³/mol. The van der Waals surface area contributed by atoms with E-state index in [1.54, 1.807) is 0 Å². The molecule has 0 saturated heterocycles. The highest BCUT2D eigenvalue weighted by molar-refractivity contribution is 5.47. The first-order valence-electron chi connectivity index (χ1n) is 14.1. The van der Waals surface area contributed by atoms with Gasteiger partial charge in [-0.2, -0.15) is 0 Å². The van der Waals surface area contributed by atoms with E-state index in [0.717, 1.165) is 24.3 Å². The van der Waals surface area contributed by atoms with Crippen molar-refractivity contribution in [3.63, 3.8) is 0 Å². The standard InChI is InChI=1S/C36H40N2O2/c1-25(27-14-18-35(3,19-15-27)39-33-12-6-10-31(37)23-33)29-8-5-9-30(22-29)26(2)28-16-20-36(4,21-17-28)40-34-13-7-11-32(38)24-34/h5-18,20,22-26H,19,21,37-38H2,1-4H3. The zero-order valence-electron chi connectivity index (χ0n) is 23.9. The van der Waals surface area contributed by atoms with Gasteiger partial charge in [-0.15, -0.1) is 0 Å². The largest absolute Gasteiger partial charge is 0.483 e. The molecule has 0 amide bonds. The summed E-state index contributed by atoms with van der Waals surface area (Å²) in [5.41, 5.74) is 17.8. The van der Waals surface area contributed by atoms with Crippen molar-refractivity contribution in [2.24, 2.45) is 0 Å². The van der Waals surface area contributed by atoms with Crippen LogP contribution in [0, 0.1) is 0 Å². The van der Waals surface area contributed by atoms with Gasteiger partial charge in [0.25, 0.3) is 0 Å². The third-order valence-corrected chi connectivity index (χ3v) is 8.07. The van der Waals surface area contributed by atoms with E-state index in [1.807, 2.05) is 48.5 Å². The topological polar surface area (TPSA) is 70.5 Å². The summed E-state index contributed by atoms with van der Waals surface area (Å²) in [6, 6.07) is 24.2. The molecule has 0 aromatic heterocycles. The number of allylic oxidation sites excluding steroid dienone is 4. The van der Waals surface area contributed by atoms with Crippen LogP contribution in [0.4, 0.5) is 11.4 Å². The quantitative estimate of drug-likeness (QED) is 0.285. The molecule has 4 unspecified atom stereocenters. The minimum absolute atomic E-state index is 0.284. The second-order valence-electron chi connectivity index (χ2n) is 11.6. The van der Waals surface area contributed by atoms with E-state index in [9.17, 15) is 0 Å². The average Bonchev–Trinajstić information content (AvgIpc) is 2.93. The molecule has 4 N–H and O–H groups in total. The van der Waals surface area contributed by atoms with Crippen molar-refractivity contribution in [1.82, 2.24) is 0 Å². The van der Waals surface area contributed by atoms with E-state index in [2.05, 4.69) is 88.4 Å². The van der Waals surface area contributed by atoms with Gasteiger partial charge in [-0.1, -0.05) is 74.5 Å². The molecule has 4 atom stereocenters. The van der Waals surface area contributed by atoms with Crippen molar-refractivity contribution >= 4 is 11.4 Å². The van der Waals surface area contributed by atoms with E-state index in [1.165, 1.54) is 22.3 Å². The van der Waals surface area contributed by atoms with Crippen molar-refractivity contribution in [3.8, 4) is 11.5 Å². The van der Waals surface area contributed by atoms with Crippen LogP contribution in [-0.2, 0) is 0 Å². The third-order valence-electron chi connectivity index (χ3n) is 8.07. The molecule has 0 bridgehead atoms.